The van der Waals surface area contributed by atoms with Gasteiger partial charge in [0.2, 0.25) is 0 Å². The molecule has 0 saturated heterocycles. The number of rotatable bonds is 7. The molecule has 2 N–H and O–H groups in total. The minimum Gasteiger partial charge on any atom is -0.484 e. The van der Waals surface area contributed by atoms with Gasteiger partial charge in [0.15, 0.2) is 6.61 Å². The third kappa shape index (κ3) is 6.53. The van der Waals surface area contributed by atoms with Crippen molar-refractivity contribution in [1.82, 2.24) is 5.32 Å². The van der Waals surface area contributed by atoms with Crippen LogP contribution in [0.2, 0.25) is 0 Å². The third-order valence-corrected chi connectivity index (χ3v) is 5.11. The van der Waals surface area contributed by atoms with Crippen molar-refractivity contribution < 1.29 is 22.3 Å². The number of hydrogen-bond acceptors (Lipinski definition) is 4. The van der Waals surface area contributed by atoms with Crippen molar-refractivity contribution in [3.05, 3.63) is 53.8 Å². The van der Waals surface area contributed by atoms with E-state index in [0.29, 0.717) is 17.9 Å². The first kappa shape index (κ1) is 21.7. The lowest BCUT2D eigenvalue weighted by molar-refractivity contribution is -0.123. The highest BCUT2D eigenvalue weighted by Gasteiger charge is 2.17. The van der Waals surface area contributed by atoms with Crippen molar-refractivity contribution in [2.24, 2.45) is 5.41 Å². The van der Waals surface area contributed by atoms with Gasteiger partial charge >= 0.3 is 0 Å². The Balaban J connectivity index is 2.02. The molecule has 152 valence electrons. The molecule has 0 aromatic heterocycles. The zero-order chi connectivity index (χ0) is 20.9. The summed E-state index contributed by atoms with van der Waals surface area (Å²) in [6, 6.07) is 9.37. The van der Waals surface area contributed by atoms with Crippen LogP contribution in [-0.4, -0.2) is 27.5 Å². The highest BCUT2D eigenvalue weighted by molar-refractivity contribution is 7.92. The Morgan fingerprint density at radius 1 is 1.11 bits per heavy atom. The van der Waals surface area contributed by atoms with Gasteiger partial charge in [-0.2, -0.15) is 0 Å². The van der Waals surface area contributed by atoms with Crippen molar-refractivity contribution in [1.29, 1.82) is 0 Å². The summed E-state index contributed by atoms with van der Waals surface area (Å²) in [5.41, 5.74) is 0.805. The van der Waals surface area contributed by atoms with E-state index >= 15 is 0 Å². The second-order valence-corrected chi connectivity index (χ2v) is 9.35. The molecule has 8 heteroatoms. The molecule has 6 nitrogen and oxygen atoms in total. The van der Waals surface area contributed by atoms with Crippen LogP contribution in [0.3, 0.4) is 0 Å². The number of hydrogen-bond donors (Lipinski definition) is 2. The minimum atomic E-state index is -3.83. The maximum atomic E-state index is 13.0. The molecule has 0 fully saturated rings. The standard InChI is InChI=1S/C20H25FN2O4S/c1-14-11-17(28(25,26)23-16-7-5-15(21)6-8-16)9-10-18(14)27-12-19(24)22-13-20(2,3)4/h5-11,23H,12-13H2,1-4H3,(H,22,24). The van der Waals surface area contributed by atoms with Crippen LogP contribution >= 0.6 is 0 Å². The van der Waals surface area contributed by atoms with Crippen LogP contribution in [0.5, 0.6) is 5.75 Å². The van der Waals surface area contributed by atoms with Crippen LogP contribution in [-0.2, 0) is 14.8 Å². The molecule has 0 radical (unpaired) electrons. The fourth-order valence-corrected chi connectivity index (χ4v) is 3.38. The fraction of sp³-hybridized carbons (Fsp3) is 0.350. The smallest absolute Gasteiger partial charge is 0.261 e. The molecular weight excluding hydrogens is 383 g/mol. The lowest BCUT2D eigenvalue weighted by Crippen LogP contribution is -2.35. The van der Waals surface area contributed by atoms with Gasteiger partial charge < -0.3 is 10.1 Å². The van der Waals surface area contributed by atoms with E-state index < -0.39 is 15.8 Å². The largest absolute Gasteiger partial charge is 0.484 e. The highest BCUT2D eigenvalue weighted by atomic mass is 32.2. The van der Waals surface area contributed by atoms with Crippen molar-refractivity contribution in [2.75, 3.05) is 17.9 Å². The molecule has 2 aromatic rings. The van der Waals surface area contributed by atoms with Crippen LogP contribution < -0.4 is 14.8 Å². The molecule has 0 heterocycles. The Labute approximate surface area is 165 Å². The van der Waals surface area contributed by atoms with Crippen molar-refractivity contribution in [3.8, 4) is 5.75 Å². The maximum Gasteiger partial charge on any atom is 0.261 e. The fourth-order valence-electron chi connectivity index (χ4n) is 2.24. The number of benzene rings is 2. The number of halogens is 1. The van der Waals surface area contributed by atoms with Gasteiger partial charge in [-0.15, -0.1) is 0 Å². The molecular formula is C20H25FN2O4S. The predicted molar refractivity (Wildman–Crippen MR) is 106 cm³/mol. The molecule has 1 amide bonds. The van der Waals surface area contributed by atoms with E-state index in [1.807, 2.05) is 20.8 Å². The van der Waals surface area contributed by atoms with Crippen LogP contribution in [0, 0.1) is 18.2 Å². The number of amides is 1. The van der Waals surface area contributed by atoms with E-state index in [1.54, 1.807) is 6.92 Å². The molecule has 0 unspecified atom stereocenters. The van der Waals surface area contributed by atoms with Gasteiger partial charge in [0.25, 0.3) is 15.9 Å². The summed E-state index contributed by atoms with van der Waals surface area (Å²) in [6.45, 7) is 8.10. The Bertz CT molecular complexity index is 936. The molecule has 0 aliphatic carbocycles. The van der Waals surface area contributed by atoms with Gasteiger partial charge in [-0.1, -0.05) is 20.8 Å². The Hall–Kier alpha value is -2.61. The Morgan fingerprint density at radius 2 is 1.75 bits per heavy atom. The quantitative estimate of drug-likeness (QED) is 0.735. The molecule has 0 saturated carbocycles. The predicted octanol–water partition coefficient (Wildman–Crippen LogP) is 3.48. The van der Waals surface area contributed by atoms with Crippen molar-refractivity contribution in [2.45, 2.75) is 32.6 Å². The second-order valence-electron chi connectivity index (χ2n) is 7.67. The highest BCUT2D eigenvalue weighted by Crippen LogP contribution is 2.23. The molecule has 0 aliphatic rings. The summed E-state index contributed by atoms with van der Waals surface area (Å²) in [7, 11) is -3.83. The van der Waals surface area contributed by atoms with Gasteiger partial charge in [-0.25, -0.2) is 12.8 Å². The Morgan fingerprint density at radius 3 is 2.32 bits per heavy atom. The molecule has 0 spiro atoms. The van der Waals surface area contributed by atoms with Gasteiger partial charge in [0.05, 0.1) is 4.90 Å². The van der Waals surface area contributed by atoms with Crippen LogP contribution in [0.25, 0.3) is 0 Å². The molecule has 2 aromatic carbocycles. The number of nitrogens with one attached hydrogen (secondary N) is 2. The van der Waals surface area contributed by atoms with Gasteiger partial charge in [0.1, 0.15) is 11.6 Å². The number of anilines is 1. The van der Waals surface area contributed by atoms with Crippen LogP contribution in [0.4, 0.5) is 10.1 Å². The molecule has 0 aliphatic heterocycles. The normalized spacial score (nSPS) is 11.8. The summed E-state index contributed by atoms with van der Waals surface area (Å²) in [5.74, 6) is -0.275. The topological polar surface area (TPSA) is 84.5 Å². The summed E-state index contributed by atoms with van der Waals surface area (Å²) < 4.78 is 45.8. The van der Waals surface area contributed by atoms with E-state index in [0.717, 1.165) is 0 Å². The zero-order valence-corrected chi connectivity index (χ0v) is 17.2. The number of carbonyl (C=O) groups excluding carboxylic acids is 1. The van der Waals surface area contributed by atoms with Crippen LogP contribution in [0.15, 0.2) is 47.4 Å². The maximum absolute atomic E-state index is 13.0. The lowest BCUT2D eigenvalue weighted by Gasteiger charge is -2.19. The lowest BCUT2D eigenvalue weighted by atomic mass is 9.97. The average Bonchev–Trinajstić information content (AvgIpc) is 2.60. The number of aryl methyl sites for hydroxylation is 1. The summed E-state index contributed by atoms with van der Waals surface area (Å²) in [4.78, 5) is 11.9. The minimum absolute atomic E-state index is 0.0287. The summed E-state index contributed by atoms with van der Waals surface area (Å²) >= 11 is 0. The van der Waals surface area contributed by atoms with Crippen LogP contribution in [0.1, 0.15) is 26.3 Å². The second kappa shape index (κ2) is 8.60. The molecule has 0 atom stereocenters. The van der Waals surface area contributed by atoms with Crippen molar-refractivity contribution in [3.63, 3.8) is 0 Å². The van der Waals surface area contributed by atoms with E-state index in [4.69, 9.17) is 4.74 Å². The van der Waals surface area contributed by atoms with E-state index in [1.165, 1.54) is 42.5 Å². The molecule has 28 heavy (non-hydrogen) atoms. The Kier molecular flexibility index (Phi) is 6.66. The first-order valence-electron chi connectivity index (χ1n) is 8.75. The number of sulfonamides is 1. The summed E-state index contributed by atoms with van der Waals surface area (Å²) in [5, 5.41) is 2.78. The molecule has 2 rings (SSSR count). The van der Waals surface area contributed by atoms with Gasteiger partial charge in [-0.3, -0.25) is 9.52 Å². The first-order valence-corrected chi connectivity index (χ1v) is 10.2. The SMILES string of the molecule is Cc1cc(S(=O)(=O)Nc2ccc(F)cc2)ccc1OCC(=O)NCC(C)(C)C. The number of ether oxygens (including phenoxy) is 1. The first-order chi connectivity index (χ1) is 13.0. The van der Waals surface area contributed by atoms with E-state index in [9.17, 15) is 17.6 Å². The third-order valence-electron chi connectivity index (χ3n) is 3.73. The van der Waals surface area contributed by atoms with Gasteiger partial charge in [-0.05, 0) is 60.4 Å². The van der Waals surface area contributed by atoms with E-state index in [-0.39, 0.29) is 28.5 Å². The van der Waals surface area contributed by atoms with Crippen molar-refractivity contribution >= 4 is 21.6 Å². The van der Waals surface area contributed by atoms with Gasteiger partial charge in [0, 0.05) is 12.2 Å². The summed E-state index contributed by atoms with van der Waals surface area (Å²) in [6.07, 6.45) is 0. The zero-order valence-electron chi connectivity index (χ0n) is 16.4. The average molecular weight is 408 g/mol. The number of carbonyl (C=O) groups is 1. The van der Waals surface area contributed by atoms with E-state index in [2.05, 4.69) is 10.0 Å². The monoisotopic (exact) mass is 408 g/mol. The molecule has 0 bridgehead atoms.